The Morgan fingerprint density at radius 3 is 2.29 bits per heavy atom. The van der Waals surface area contributed by atoms with Gasteiger partial charge in [0, 0.05) is 13.0 Å². The Kier molecular flexibility index (Phi) is 7.17. The van der Waals surface area contributed by atoms with Crippen LogP contribution in [0.2, 0.25) is 0 Å². The second-order valence-corrected chi connectivity index (χ2v) is 8.32. The number of nitrogens with zero attached hydrogens (tertiary/aromatic N) is 1. The maximum Gasteiger partial charge on any atom is 0.250 e. The fourth-order valence-corrected chi connectivity index (χ4v) is 3.75. The summed E-state index contributed by atoms with van der Waals surface area (Å²) in [5.41, 5.74) is 7.55. The first kappa shape index (κ1) is 21.4. The molecule has 0 aromatic heterocycles. The molecular formula is C20H25N3O4S. The second kappa shape index (κ2) is 9.36. The molecule has 28 heavy (non-hydrogen) atoms. The summed E-state index contributed by atoms with van der Waals surface area (Å²) in [6.45, 7) is 2.20. The third-order valence-electron chi connectivity index (χ3n) is 4.26. The van der Waals surface area contributed by atoms with E-state index in [1.807, 2.05) is 19.1 Å². The van der Waals surface area contributed by atoms with Gasteiger partial charge in [0.2, 0.25) is 15.9 Å². The van der Waals surface area contributed by atoms with E-state index in [1.165, 1.54) is 10.4 Å². The van der Waals surface area contributed by atoms with E-state index in [-0.39, 0.29) is 24.4 Å². The number of aryl methyl sites for hydroxylation is 1. The van der Waals surface area contributed by atoms with Gasteiger partial charge in [-0.15, -0.1) is 0 Å². The van der Waals surface area contributed by atoms with Gasteiger partial charge < -0.3 is 11.1 Å². The van der Waals surface area contributed by atoms with E-state index in [0.717, 1.165) is 18.2 Å². The van der Waals surface area contributed by atoms with Crippen LogP contribution in [0.3, 0.4) is 0 Å². The Labute approximate surface area is 165 Å². The molecule has 2 aromatic carbocycles. The predicted octanol–water partition coefficient (Wildman–Crippen LogP) is 2.53. The molecule has 0 aliphatic carbocycles. The molecule has 8 heteroatoms. The molecule has 2 rings (SSSR count). The number of benzene rings is 2. The maximum absolute atomic E-state index is 12.2. The number of hydrogen-bond acceptors (Lipinski definition) is 4. The molecule has 0 radical (unpaired) electrons. The number of amides is 2. The third kappa shape index (κ3) is 5.82. The zero-order chi connectivity index (χ0) is 20.7. The lowest BCUT2D eigenvalue weighted by molar-refractivity contribution is -0.116. The number of hydrogen-bond donors (Lipinski definition) is 2. The highest BCUT2D eigenvalue weighted by molar-refractivity contribution is 7.92. The number of nitrogens with one attached hydrogen (secondary N) is 1. The van der Waals surface area contributed by atoms with Crippen molar-refractivity contribution in [2.75, 3.05) is 22.4 Å². The Morgan fingerprint density at radius 2 is 1.71 bits per heavy atom. The zero-order valence-electron chi connectivity index (χ0n) is 16.0. The quantitative estimate of drug-likeness (QED) is 0.670. The number of nitrogens with two attached hydrogens (primary N) is 1. The van der Waals surface area contributed by atoms with Crippen LogP contribution in [0.25, 0.3) is 0 Å². The first-order chi connectivity index (χ1) is 13.2. The predicted molar refractivity (Wildman–Crippen MR) is 111 cm³/mol. The van der Waals surface area contributed by atoms with Crippen LogP contribution in [-0.2, 0) is 21.2 Å². The van der Waals surface area contributed by atoms with Crippen molar-refractivity contribution in [3.8, 4) is 0 Å². The molecule has 150 valence electrons. The van der Waals surface area contributed by atoms with Crippen LogP contribution in [0, 0.1) is 0 Å². The number of primary amides is 1. The van der Waals surface area contributed by atoms with Crippen molar-refractivity contribution in [3.05, 3.63) is 59.7 Å². The summed E-state index contributed by atoms with van der Waals surface area (Å²) in [6.07, 6.45) is 2.44. The van der Waals surface area contributed by atoms with E-state index in [2.05, 4.69) is 5.32 Å². The van der Waals surface area contributed by atoms with Gasteiger partial charge in [-0.1, -0.05) is 31.2 Å². The molecule has 0 fully saturated rings. The van der Waals surface area contributed by atoms with Crippen LogP contribution in [0.1, 0.15) is 35.7 Å². The van der Waals surface area contributed by atoms with Gasteiger partial charge in [-0.25, -0.2) is 8.42 Å². The largest absolute Gasteiger partial charge is 0.366 e. The Hall–Kier alpha value is -2.87. The summed E-state index contributed by atoms with van der Waals surface area (Å²) in [5, 5.41) is 2.65. The highest BCUT2D eigenvalue weighted by atomic mass is 32.2. The molecule has 3 N–H and O–H groups in total. The van der Waals surface area contributed by atoms with Gasteiger partial charge in [-0.3, -0.25) is 13.9 Å². The van der Waals surface area contributed by atoms with Crippen molar-refractivity contribution in [2.45, 2.75) is 26.2 Å². The molecule has 0 unspecified atom stereocenters. The Bertz CT molecular complexity index is 940. The van der Waals surface area contributed by atoms with Crippen LogP contribution < -0.4 is 15.4 Å². The molecule has 7 nitrogen and oxygen atoms in total. The summed E-state index contributed by atoms with van der Waals surface area (Å²) in [6, 6.07) is 13.8. The van der Waals surface area contributed by atoms with Crippen molar-refractivity contribution >= 4 is 33.2 Å². The molecular weight excluding hydrogens is 378 g/mol. The number of carbonyl (C=O) groups is 2. The summed E-state index contributed by atoms with van der Waals surface area (Å²) in [4.78, 5) is 23.6. The maximum atomic E-state index is 12.2. The minimum atomic E-state index is -3.47. The van der Waals surface area contributed by atoms with Crippen LogP contribution in [0.5, 0.6) is 0 Å². The molecule has 0 saturated carbocycles. The number of sulfonamides is 1. The van der Waals surface area contributed by atoms with E-state index in [9.17, 15) is 18.0 Å². The third-order valence-corrected chi connectivity index (χ3v) is 5.46. The van der Waals surface area contributed by atoms with Crippen LogP contribution in [0.15, 0.2) is 48.5 Å². The summed E-state index contributed by atoms with van der Waals surface area (Å²) < 4.78 is 25.6. The van der Waals surface area contributed by atoms with E-state index < -0.39 is 15.9 Å². The molecule has 0 heterocycles. The lowest BCUT2D eigenvalue weighted by atomic mass is 10.1. The second-order valence-electron chi connectivity index (χ2n) is 6.42. The molecule has 2 amide bonds. The normalized spacial score (nSPS) is 11.1. The van der Waals surface area contributed by atoms with Gasteiger partial charge in [0.25, 0.3) is 5.91 Å². The smallest absolute Gasteiger partial charge is 0.250 e. The standard InChI is InChI=1S/C20H25N3O4S/c1-3-15-10-12-16(13-11-15)23(28(2,26)27)14-6-9-19(24)22-18-8-5-4-7-17(18)20(21)25/h4-5,7-8,10-13H,3,6,9,14H2,1-2H3,(H2,21,25)(H,22,24). The minimum Gasteiger partial charge on any atom is -0.366 e. The number of rotatable bonds is 9. The number of para-hydroxylation sites is 1. The summed E-state index contributed by atoms with van der Waals surface area (Å²) >= 11 is 0. The topological polar surface area (TPSA) is 110 Å². The van der Waals surface area contributed by atoms with Gasteiger partial charge >= 0.3 is 0 Å². The molecule has 2 aromatic rings. The highest BCUT2D eigenvalue weighted by Crippen LogP contribution is 2.20. The lowest BCUT2D eigenvalue weighted by Crippen LogP contribution is -2.31. The molecule has 0 saturated heterocycles. The SMILES string of the molecule is CCc1ccc(N(CCCC(=O)Nc2ccccc2C(N)=O)S(C)(=O)=O)cc1. The molecule has 0 spiro atoms. The fourth-order valence-electron chi connectivity index (χ4n) is 2.79. The first-order valence-corrected chi connectivity index (χ1v) is 10.8. The van der Waals surface area contributed by atoms with Gasteiger partial charge in [-0.05, 0) is 42.7 Å². The van der Waals surface area contributed by atoms with Crippen molar-refractivity contribution in [3.63, 3.8) is 0 Å². The average Bonchev–Trinajstić information content (AvgIpc) is 2.64. The van der Waals surface area contributed by atoms with Crippen molar-refractivity contribution in [1.82, 2.24) is 0 Å². The zero-order valence-corrected chi connectivity index (χ0v) is 16.8. The van der Waals surface area contributed by atoms with Gasteiger partial charge in [0.05, 0.1) is 23.2 Å². The Morgan fingerprint density at radius 1 is 1.07 bits per heavy atom. The highest BCUT2D eigenvalue weighted by Gasteiger charge is 2.18. The summed E-state index contributed by atoms with van der Waals surface area (Å²) in [7, 11) is -3.47. The fraction of sp³-hybridized carbons (Fsp3) is 0.300. The van der Waals surface area contributed by atoms with E-state index in [4.69, 9.17) is 5.73 Å². The van der Waals surface area contributed by atoms with Crippen LogP contribution >= 0.6 is 0 Å². The molecule has 0 aliphatic rings. The van der Waals surface area contributed by atoms with Crippen molar-refractivity contribution < 1.29 is 18.0 Å². The number of anilines is 2. The lowest BCUT2D eigenvalue weighted by Gasteiger charge is -2.22. The Balaban J connectivity index is 2.00. The molecule has 0 aliphatic heterocycles. The monoisotopic (exact) mass is 403 g/mol. The van der Waals surface area contributed by atoms with E-state index in [1.54, 1.807) is 30.3 Å². The van der Waals surface area contributed by atoms with Gasteiger partial charge in [0.15, 0.2) is 0 Å². The van der Waals surface area contributed by atoms with E-state index in [0.29, 0.717) is 17.8 Å². The minimum absolute atomic E-state index is 0.103. The van der Waals surface area contributed by atoms with Crippen LogP contribution in [-0.4, -0.2) is 33.0 Å². The van der Waals surface area contributed by atoms with Gasteiger partial charge in [0.1, 0.15) is 0 Å². The van der Waals surface area contributed by atoms with Gasteiger partial charge in [-0.2, -0.15) is 0 Å². The van der Waals surface area contributed by atoms with Crippen molar-refractivity contribution in [2.24, 2.45) is 5.73 Å². The molecule has 0 bridgehead atoms. The average molecular weight is 404 g/mol. The summed E-state index contributed by atoms with van der Waals surface area (Å²) in [5.74, 6) is -0.946. The number of carbonyl (C=O) groups excluding carboxylic acids is 2. The van der Waals surface area contributed by atoms with Crippen molar-refractivity contribution in [1.29, 1.82) is 0 Å². The van der Waals surface area contributed by atoms with E-state index >= 15 is 0 Å². The first-order valence-electron chi connectivity index (χ1n) is 8.97. The molecule has 0 atom stereocenters. The van der Waals surface area contributed by atoms with Crippen LogP contribution in [0.4, 0.5) is 11.4 Å².